The molecular weight excluding hydrogens is 422 g/mol. The van der Waals surface area contributed by atoms with Crippen LogP contribution in [0.5, 0.6) is 11.5 Å². The first-order valence-electron chi connectivity index (χ1n) is 11.2. The first kappa shape index (κ1) is 21.3. The van der Waals surface area contributed by atoms with Gasteiger partial charge in [0.25, 0.3) is 5.91 Å². The zero-order valence-electron chi connectivity index (χ0n) is 18.3. The van der Waals surface area contributed by atoms with Gasteiger partial charge in [0, 0.05) is 30.2 Å². The minimum absolute atomic E-state index is 0.0810. The Labute approximate surface area is 191 Å². The van der Waals surface area contributed by atoms with Crippen molar-refractivity contribution < 1.29 is 19.1 Å². The Kier molecular flexibility index (Phi) is 5.87. The van der Waals surface area contributed by atoms with Crippen LogP contribution >= 0.6 is 0 Å². The van der Waals surface area contributed by atoms with E-state index >= 15 is 0 Å². The van der Waals surface area contributed by atoms with E-state index in [4.69, 9.17) is 15.2 Å². The second-order valence-electron chi connectivity index (χ2n) is 8.64. The van der Waals surface area contributed by atoms with Crippen molar-refractivity contribution in [2.75, 3.05) is 38.5 Å². The molecule has 1 fully saturated rings. The number of hydrogen-bond acceptors (Lipinski definition) is 7. The number of H-pyrrole nitrogens is 1. The number of carbonyl (C=O) groups is 2. The molecule has 5 rings (SSSR count). The summed E-state index contributed by atoms with van der Waals surface area (Å²) < 4.78 is 12.2. The number of nitrogen functional groups attached to an aromatic ring is 1. The number of likely N-dealkylation sites (tertiary alicyclic amines) is 1. The van der Waals surface area contributed by atoms with Crippen molar-refractivity contribution in [2.24, 2.45) is 5.92 Å². The molecule has 0 spiro atoms. The van der Waals surface area contributed by atoms with Crippen LogP contribution in [0.15, 0.2) is 36.5 Å². The Balaban J connectivity index is 1.12. The van der Waals surface area contributed by atoms with E-state index < -0.39 is 0 Å². The number of aromatic nitrogens is 2. The van der Waals surface area contributed by atoms with Gasteiger partial charge in [0.15, 0.2) is 17.8 Å². The fourth-order valence-electron chi connectivity index (χ4n) is 4.55. The number of amides is 1. The van der Waals surface area contributed by atoms with Crippen molar-refractivity contribution in [1.29, 1.82) is 0 Å². The predicted octanol–water partition coefficient (Wildman–Crippen LogP) is 2.24. The van der Waals surface area contributed by atoms with E-state index in [2.05, 4.69) is 20.2 Å². The number of carbonyl (C=O) groups excluding carboxylic acids is 2. The summed E-state index contributed by atoms with van der Waals surface area (Å²) in [6, 6.07) is 8.97. The maximum Gasteiger partial charge on any atom is 0.255 e. The number of piperidine rings is 1. The molecule has 3 aromatic rings. The second-order valence-corrected chi connectivity index (χ2v) is 8.64. The summed E-state index contributed by atoms with van der Waals surface area (Å²) in [5, 5.41) is 3.85. The monoisotopic (exact) mass is 449 g/mol. The molecule has 1 amide bonds. The maximum atomic E-state index is 12.4. The molecule has 4 heterocycles. The number of aldehydes is 1. The molecule has 4 N–H and O–H groups in total. The number of nitrogens with one attached hydrogen (secondary N) is 2. The van der Waals surface area contributed by atoms with E-state index in [1.165, 1.54) is 0 Å². The van der Waals surface area contributed by atoms with Gasteiger partial charge in [-0.25, -0.2) is 4.98 Å². The molecule has 172 valence electrons. The first-order valence-corrected chi connectivity index (χ1v) is 11.2. The zero-order valence-corrected chi connectivity index (χ0v) is 18.3. The summed E-state index contributed by atoms with van der Waals surface area (Å²) >= 11 is 0. The SMILES string of the molecule is Nc1ncccc1C(=O)NCC1CCN(CC2COc3ccc4[nH]c(C=O)cc4c3O2)CC1. The standard InChI is InChI=1S/C24H27N5O4/c25-23-18(2-1-7-26-23)24(31)27-11-15-5-8-29(9-6-15)12-17-14-32-21-4-3-20-19(22(21)33-17)10-16(13-30)28-20/h1-4,7,10,13,15,17,28H,5-6,8-9,11-12,14H2,(H2,25,26)(H,27,31). The van der Waals surface area contributed by atoms with Gasteiger partial charge in [0.1, 0.15) is 18.5 Å². The lowest BCUT2D eigenvalue weighted by atomic mass is 9.96. The van der Waals surface area contributed by atoms with Crippen molar-refractivity contribution in [3.63, 3.8) is 0 Å². The summed E-state index contributed by atoms with van der Waals surface area (Å²) in [6.07, 6.45) is 4.29. The highest BCUT2D eigenvalue weighted by Gasteiger charge is 2.28. The van der Waals surface area contributed by atoms with Crippen molar-refractivity contribution in [2.45, 2.75) is 18.9 Å². The van der Waals surface area contributed by atoms with Gasteiger partial charge in [-0.3, -0.25) is 14.5 Å². The van der Waals surface area contributed by atoms with Crippen LogP contribution < -0.4 is 20.5 Å². The molecular formula is C24H27N5O4. The van der Waals surface area contributed by atoms with Crippen LogP contribution in [0.3, 0.4) is 0 Å². The summed E-state index contributed by atoms with van der Waals surface area (Å²) in [6.45, 7) is 3.76. The van der Waals surface area contributed by atoms with Crippen molar-refractivity contribution in [1.82, 2.24) is 20.2 Å². The van der Waals surface area contributed by atoms with Gasteiger partial charge in [-0.05, 0) is 62.2 Å². The van der Waals surface area contributed by atoms with E-state index in [1.54, 1.807) is 24.4 Å². The molecule has 9 heteroatoms. The van der Waals surface area contributed by atoms with Gasteiger partial charge in [0.05, 0.1) is 11.3 Å². The lowest BCUT2D eigenvalue weighted by Crippen LogP contribution is -2.45. The van der Waals surface area contributed by atoms with Crippen LogP contribution in [0.1, 0.15) is 33.7 Å². The molecule has 0 bridgehead atoms. The molecule has 1 atom stereocenters. The summed E-state index contributed by atoms with van der Waals surface area (Å²) in [5.74, 6) is 1.90. The van der Waals surface area contributed by atoms with E-state index in [1.807, 2.05) is 12.1 Å². The molecule has 33 heavy (non-hydrogen) atoms. The average molecular weight is 450 g/mol. The molecule has 1 aromatic carbocycles. The molecule has 0 aliphatic carbocycles. The number of benzene rings is 1. The van der Waals surface area contributed by atoms with Gasteiger partial charge in [-0.2, -0.15) is 0 Å². The van der Waals surface area contributed by atoms with Crippen molar-refractivity contribution in [3.05, 3.63) is 47.8 Å². The smallest absolute Gasteiger partial charge is 0.255 e. The zero-order chi connectivity index (χ0) is 22.8. The third kappa shape index (κ3) is 4.49. The average Bonchev–Trinajstić information content (AvgIpc) is 3.28. The van der Waals surface area contributed by atoms with Crippen LogP contribution in [0.4, 0.5) is 5.82 Å². The van der Waals surface area contributed by atoms with Gasteiger partial charge < -0.3 is 25.5 Å². The molecule has 9 nitrogen and oxygen atoms in total. The Morgan fingerprint density at radius 2 is 2.15 bits per heavy atom. The number of aromatic amines is 1. The molecule has 2 aromatic heterocycles. The van der Waals surface area contributed by atoms with E-state index in [9.17, 15) is 9.59 Å². The molecule has 2 aliphatic rings. The third-order valence-electron chi connectivity index (χ3n) is 6.38. The molecule has 1 saturated heterocycles. The number of nitrogens with two attached hydrogens (primary N) is 1. The van der Waals surface area contributed by atoms with Gasteiger partial charge in [-0.1, -0.05) is 0 Å². The fraction of sp³-hybridized carbons (Fsp3) is 0.375. The van der Waals surface area contributed by atoms with Gasteiger partial charge >= 0.3 is 0 Å². The normalized spacial score (nSPS) is 18.8. The van der Waals surface area contributed by atoms with Crippen LogP contribution in [0.25, 0.3) is 10.9 Å². The largest absolute Gasteiger partial charge is 0.486 e. The number of nitrogens with zero attached hydrogens (tertiary/aromatic N) is 2. The molecule has 0 radical (unpaired) electrons. The Hall–Kier alpha value is -3.59. The second kappa shape index (κ2) is 9.11. The Bertz CT molecular complexity index is 1170. The topological polar surface area (TPSA) is 123 Å². The highest BCUT2D eigenvalue weighted by molar-refractivity contribution is 5.98. The highest BCUT2D eigenvalue weighted by atomic mass is 16.6. The number of fused-ring (bicyclic) bond motifs is 3. The van der Waals surface area contributed by atoms with E-state index in [0.29, 0.717) is 41.8 Å². The lowest BCUT2D eigenvalue weighted by molar-refractivity contribution is 0.0490. The highest BCUT2D eigenvalue weighted by Crippen LogP contribution is 2.39. The van der Waals surface area contributed by atoms with Crippen LogP contribution in [-0.2, 0) is 0 Å². The maximum absolute atomic E-state index is 12.4. The number of ether oxygens (including phenoxy) is 2. The van der Waals surface area contributed by atoms with E-state index in [-0.39, 0.29) is 17.8 Å². The number of pyridine rings is 1. The summed E-state index contributed by atoms with van der Waals surface area (Å²) in [5.41, 5.74) is 7.58. The van der Waals surface area contributed by atoms with Gasteiger partial charge in [0.2, 0.25) is 0 Å². The third-order valence-corrected chi connectivity index (χ3v) is 6.38. The summed E-state index contributed by atoms with van der Waals surface area (Å²) in [4.78, 5) is 32.9. The molecule has 1 unspecified atom stereocenters. The first-order chi connectivity index (χ1) is 16.1. The molecule has 0 saturated carbocycles. The van der Waals surface area contributed by atoms with E-state index in [0.717, 1.165) is 49.7 Å². The number of hydrogen-bond donors (Lipinski definition) is 3. The van der Waals surface area contributed by atoms with Crippen molar-refractivity contribution in [3.8, 4) is 11.5 Å². The quantitative estimate of drug-likeness (QED) is 0.493. The predicted molar refractivity (Wildman–Crippen MR) is 124 cm³/mol. The van der Waals surface area contributed by atoms with Crippen LogP contribution in [0.2, 0.25) is 0 Å². The Morgan fingerprint density at radius 1 is 1.30 bits per heavy atom. The number of rotatable bonds is 6. The summed E-state index contributed by atoms with van der Waals surface area (Å²) in [7, 11) is 0. The fourth-order valence-corrected chi connectivity index (χ4v) is 4.55. The number of anilines is 1. The van der Waals surface area contributed by atoms with Crippen molar-refractivity contribution >= 4 is 28.9 Å². The van der Waals surface area contributed by atoms with Crippen LogP contribution in [0, 0.1) is 5.92 Å². The minimum atomic E-state index is -0.178. The minimum Gasteiger partial charge on any atom is -0.486 e. The lowest BCUT2D eigenvalue weighted by Gasteiger charge is -2.35. The molecule has 2 aliphatic heterocycles. The van der Waals surface area contributed by atoms with Gasteiger partial charge in [-0.15, -0.1) is 0 Å². The van der Waals surface area contributed by atoms with Crippen LogP contribution in [-0.4, -0.2) is 66.0 Å². The Morgan fingerprint density at radius 3 is 2.94 bits per heavy atom.